The molecule has 1 unspecified atom stereocenters. The molecule has 1 N–H and O–H groups in total. The Morgan fingerprint density at radius 1 is 0.962 bits per heavy atom. The molecule has 130 valence electrons. The molecule has 0 fully saturated rings. The van der Waals surface area contributed by atoms with Crippen molar-refractivity contribution >= 4 is 17.6 Å². The van der Waals surface area contributed by atoms with E-state index in [4.69, 9.17) is 4.74 Å². The average Bonchev–Trinajstić information content (AvgIpc) is 2.69. The van der Waals surface area contributed by atoms with Gasteiger partial charge in [0.2, 0.25) is 5.91 Å². The Hall–Kier alpha value is -3.47. The Morgan fingerprint density at radius 2 is 1.73 bits per heavy atom. The highest BCUT2D eigenvalue weighted by atomic mass is 16.5. The van der Waals surface area contributed by atoms with Gasteiger partial charge in [-0.05, 0) is 35.9 Å². The van der Waals surface area contributed by atoms with Gasteiger partial charge in [-0.3, -0.25) is 9.78 Å². The molecule has 0 saturated heterocycles. The molecule has 1 aromatic heterocycles. The molecule has 0 saturated carbocycles. The molecule has 2 aromatic carbocycles. The first-order valence-corrected chi connectivity index (χ1v) is 8.14. The van der Waals surface area contributed by atoms with Crippen LogP contribution < -0.4 is 5.32 Å². The summed E-state index contributed by atoms with van der Waals surface area (Å²) < 4.78 is 4.72. The summed E-state index contributed by atoms with van der Waals surface area (Å²) in [4.78, 5) is 29.0. The molecule has 3 rings (SSSR count). The van der Waals surface area contributed by atoms with E-state index >= 15 is 0 Å². The van der Waals surface area contributed by atoms with Gasteiger partial charge in [-0.1, -0.05) is 42.5 Å². The normalized spacial score (nSPS) is 11.4. The van der Waals surface area contributed by atoms with Crippen LogP contribution in [0.4, 0.5) is 5.69 Å². The summed E-state index contributed by atoms with van der Waals surface area (Å²) in [7, 11) is 1.32. The number of carbonyl (C=O) groups is 2. The average molecular weight is 346 g/mol. The van der Waals surface area contributed by atoms with E-state index in [9.17, 15) is 9.59 Å². The molecule has 1 atom stereocenters. The molecule has 26 heavy (non-hydrogen) atoms. The molecule has 0 aliphatic heterocycles. The van der Waals surface area contributed by atoms with E-state index in [0.29, 0.717) is 16.9 Å². The summed E-state index contributed by atoms with van der Waals surface area (Å²) in [5.41, 5.74) is 2.39. The maximum atomic E-state index is 13.0. The van der Waals surface area contributed by atoms with Crippen LogP contribution in [-0.2, 0) is 9.53 Å². The smallest absolute Gasteiger partial charge is 0.337 e. The third-order valence-electron chi connectivity index (χ3n) is 3.93. The fraction of sp³-hybridized carbons (Fsp3) is 0.0952. The number of hydrogen-bond donors (Lipinski definition) is 1. The van der Waals surface area contributed by atoms with Crippen LogP contribution in [0.3, 0.4) is 0 Å². The van der Waals surface area contributed by atoms with E-state index in [1.54, 1.807) is 30.5 Å². The number of amides is 1. The van der Waals surface area contributed by atoms with Crippen molar-refractivity contribution in [3.63, 3.8) is 0 Å². The van der Waals surface area contributed by atoms with Crippen molar-refractivity contribution in [2.75, 3.05) is 12.4 Å². The molecule has 0 aliphatic rings. The lowest BCUT2D eigenvalue weighted by Crippen LogP contribution is -2.23. The highest BCUT2D eigenvalue weighted by molar-refractivity contribution is 5.99. The third-order valence-corrected chi connectivity index (χ3v) is 3.93. The molecule has 0 spiro atoms. The van der Waals surface area contributed by atoms with Crippen LogP contribution in [0.25, 0.3) is 0 Å². The van der Waals surface area contributed by atoms with Crippen molar-refractivity contribution < 1.29 is 14.3 Å². The molecular weight excluding hydrogens is 328 g/mol. The zero-order chi connectivity index (χ0) is 18.4. The number of carbonyl (C=O) groups excluding carboxylic acids is 2. The number of nitrogens with zero attached hydrogens (tertiary/aromatic N) is 1. The summed E-state index contributed by atoms with van der Waals surface area (Å²) in [6.07, 6.45) is 1.66. The van der Waals surface area contributed by atoms with Gasteiger partial charge in [0, 0.05) is 11.9 Å². The van der Waals surface area contributed by atoms with Gasteiger partial charge in [-0.2, -0.15) is 0 Å². The number of rotatable bonds is 5. The number of pyridine rings is 1. The number of esters is 1. The first-order valence-electron chi connectivity index (χ1n) is 8.14. The van der Waals surface area contributed by atoms with Gasteiger partial charge < -0.3 is 10.1 Å². The molecule has 0 aliphatic carbocycles. The van der Waals surface area contributed by atoms with Gasteiger partial charge in [0.1, 0.15) is 5.92 Å². The van der Waals surface area contributed by atoms with Crippen LogP contribution >= 0.6 is 0 Å². The lowest BCUT2D eigenvalue weighted by molar-refractivity contribution is -0.116. The van der Waals surface area contributed by atoms with Crippen molar-refractivity contribution in [3.05, 3.63) is 95.8 Å². The maximum Gasteiger partial charge on any atom is 0.337 e. The lowest BCUT2D eigenvalue weighted by Gasteiger charge is -2.17. The van der Waals surface area contributed by atoms with E-state index < -0.39 is 11.9 Å². The molecular formula is C21H18N2O3. The molecule has 3 aromatic rings. The summed E-state index contributed by atoms with van der Waals surface area (Å²) >= 11 is 0. The number of nitrogens with one attached hydrogen (secondary N) is 1. The van der Waals surface area contributed by atoms with Crippen molar-refractivity contribution in [1.29, 1.82) is 0 Å². The van der Waals surface area contributed by atoms with Crippen LogP contribution in [-0.4, -0.2) is 24.0 Å². The highest BCUT2D eigenvalue weighted by Gasteiger charge is 2.24. The predicted molar refractivity (Wildman–Crippen MR) is 98.9 cm³/mol. The van der Waals surface area contributed by atoms with Crippen LogP contribution in [0.2, 0.25) is 0 Å². The molecule has 0 bridgehead atoms. The quantitative estimate of drug-likeness (QED) is 0.716. The number of anilines is 1. The Bertz CT molecular complexity index is 856. The number of benzene rings is 2. The lowest BCUT2D eigenvalue weighted by atomic mass is 9.94. The molecule has 1 heterocycles. The summed E-state index contributed by atoms with van der Waals surface area (Å²) in [5.74, 6) is -1.23. The van der Waals surface area contributed by atoms with Crippen molar-refractivity contribution in [1.82, 2.24) is 4.98 Å². The van der Waals surface area contributed by atoms with Crippen molar-refractivity contribution in [2.45, 2.75) is 5.92 Å². The fourth-order valence-corrected chi connectivity index (χ4v) is 2.70. The molecule has 5 heteroatoms. The van der Waals surface area contributed by atoms with Gasteiger partial charge in [0.15, 0.2) is 0 Å². The highest BCUT2D eigenvalue weighted by Crippen LogP contribution is 2.25. The Kier molecular flexibility index (Phi) is 5.39. The van der Waals surface area contributed by atoms with Crippen molar-refractivity contribution in [3.8, 4) is 0 Å². The van der Waals surface area contributed by atoms with Crippen LogP contribution in [0.15, 0.2) is 79.0 Å². The van der Waals surface area contributed by atoms with Crippen LogP contribution in [0, 0.1) is 0 Å². The Morgan fingerprint density at radius 3 is 2.42 bits per heavy atom. The maximum absolute atomic E-state index is 13.0. The number of aromatic nitrogens is 1. The summed E-state index contributed by atoms with van der Waals surface area (Å²) in [6.45, 7) is 0. The number of ether oxygens (including phenoxy) is 1. The first kappa shape index (κ1) is 17.4. The zero-order valence-corrected chi connectivity index (χ0v) is 14.3. The van der Waals surface area contributed by atoms with Gasteiger partial charge in [-0.15, -0.1) is 0 Å². The second kappa shape index (κ2) is 8.07. The molecule has 5 nitrogen and oxygen atoms in total. The van der Waals surface area contributed by atoms with Gasteiger partial charge in [0.25, 0.3) is 0 Å². The Labute approximate surface area is 151 Å². The minimum atomic E-state index is -0.556. The van der Waals surface area contributed by atoms with E-state index in [2.05, 4.69) is 10.3 Å². The molecule has 0 radical (unpaired) electrons. The second-order valence-corrected chi connectivity index (χ2v) is 5.66. The largest absolute Gasteiger partial charge is 0.465 e. The minimum Gasteiger partial charge on any atom is -0.465 e. The SMILES string of the molecule is COC(=O)c1cccc(NC(=O)C(c2ccccc2)c2ccccn2)c1. The zero-order valence-electron chi connectivity index (χ0n) is 14.3. The number of hydrogen-bond acceptors (Lipinski definition) is 4. The van der Waals surface area contributed by atoms with Gasteiger partial charge in [0.05, 0.1) is 18.4 Å². The van der Waals surface area contributed by atoms with E-state index in [1.165, 1.54) is 7.11 Å². The van der Waals surface area contributed by atoms with E-state index in [1.807, 2.05) is 48.5 Å². The van der Waals surface area contributed by atoms with E-state index in [-0.39, 0.29) is 5.91 Å². The second-order valence-electron chi connectivity index (χ2n) is 5.66. The van der Waals surface area contributed by atoms with Crippen molar-refractivity contribution in [2.24, 2.45) is 0 Å². The third kappa shape index (κ3) is 3.95. The van der Waals surface area contributed by atoms with Crippen LogP contribution in [0.1, 0.15) is 27.5 Å². The Balaban J connectivity index is 1.91. The minimum absolute atomic E-state index is 0.225. The summed E-state index contributed by atoms with van der Waals surface area (Å²) in [6, 6.07) is 21.6. The standard InChI is InChI=1S/C21H18N2O3/c1-26-21(25)16-10-7-11-17(14-16)23-20(24)19(15-8-3-2-4-9-15)18-12-5-6-13-22-18/h2-14,19H,1H3,(H,23,24). The fourth-order valence-electron chi connectivity index (χ4n) is 2.70. The molecule has 1 amide bonds. The summed E-state index contributed by atoms with van der Waals surface area (Å²) in [5, 5.41) is 2.87. The predicted octanol–water partition coefficient (Wildman–Crippen LogP) is 3.64. The van der Waals surface area contributed by atoms with Gasteiger partial charge in [-0.25, -0.2) is 4.79 Å². The monoisotopic (exact) mass is 346 g/mol. The number of methoxy groups -OCH3 is 1. The van der Waals surface area contributed by atoms with Gasteiger partial charge >= 0.3 is 5.97 Å². The van der Waals surface area contributed by atoms with E-state index in [0.717, 1.165) is 5.56 Å². The topological polar surface area (TPSA) is 68.3 Å². The first-order chi connectivity index (χ1) is 12.7. The van der Waals surface area contributed by atoms with Crippen LogP contribution in [0.5, 0.6) is 0 Å².